The summed E-state index contributed by atoms with van der Waals surface area (Å²) >= 11 is 0. The lowest BCUT2D eigenvalue weighted by atomic mass is 9.69. The molecule has 1 saturated heterocycles. The Morgan fingerprint density at radius 2 is 1.33 bits per heavy atom. The van der Waals surface area contributed by atoms with E-state index in [1.807, 2.05) is 78.9 Å². The van der Waals surface area contributed by atoms with E-state index in [0.29, 0.717) is 13.0 Å². The number of benzene rings is 3. The Hall–Kier alpha value is -2.95. The van der Waals surface area contributed by atoms with Gasteiger partial charge in [0.2, 0.25) is 5.91 Å². The summed E-state index contributed by atoms with van der Waals surface area (Å²) < 4.78 is 6.10. The Morgan fingerprint density at radius 1 is 0.848 bits per heavy atom. The van der Waals surface area contributed by atoms with Crippen molar-refractivity contribution in [1.29, 1.82) is 0 Å². The minimum Gasteiger partial charge on any atom is -0.371 e. The third-order valence-electron chi connectivity index (χ3n) is 7.10. The lowest BCUT2D eigenvalue weighted by molar-refractivity contribution is -0.123. The molecule has 4 nitrogen and oxygen atoms in total. The highest BCUT2D eigenvalue weighted by Crippen LogP contribution is 2.40. The molecule has 4 rings (SSSR count). The van der Waals surface area contributed by atoms with Gasteiger partial charge in [0.25, 0.3) is 0 Å². The standard InChI is InChI=1S/C29H34N2O2/c1-28(2,31-20-26(21-31)33-22-23-12-6-3-7-13-23)18-19-29(27(30)32,24-14-8-4-9-15-24)25-16-10-5-11-17-25/h3-17,26H,18-22H2,1-2H3,(H2,30,32). The van der Waals surface area contributed by atoms with Crippen LogP contribution in [0.15, 0.2) is 91.0 Å². The summed E-state index contributed by atoms with van der Waals surface area (Å²) in [6.07, 6.45) is 1.73. The van der Waals surface area contributed by atoms with Crippen molar-refractivity contribution in [2.24, 2.45) is 5.73 Å². The van der Waals surface area contributed by atoms with Crippen LogP contribution in [0.5, 0.6) is 0 Å². The Kier molecular flexibility index (Phi) is 6.96. The fraction of sp³-hybridized carbons (Fsp3) is 0.345. The van der Waals surface area contributed by atoms with Crippen molar-refractivity contribution < 1.29 is 9.53 Å². The molecule has 0 aromatic heterocycles. The number of amides is 1. The van der Waals surface area contributed by atoms with E-state index in [1.165, 1.54) is 5.56 Å². The Labute approximate surface area is 197 Å². The minimum atomic E-state index is -0.853. The Bertz CT molecular complexity index is 989. The SMILES string of the molecule is CC(C)(CCC(C(N)=O)(c1ccccc1)c1ccccc1)N1CC(OCc2ccccc2)C1. The Balaban J connectivity index is 1.45. The van der Waals surface area contributed by atoms with Gasteiger partial charge in [0.1, 0.15) is 0 Å². The number of likely N-dealkylation sites (tertiary alicyclic amines) is 1. The number of nitrogens with zero attached hydrogens (tertiary/aromatic N) is 1. The quantitative estimate of drug-likeness (QED) is 0.485. The largest absolute Gasteiger partial charge is 0.371 e. The summed E-state index contributed by atoms with van der Waals surface area (Å²) in [7, 11) is 0. The van der Waals surface area contributed by atoms with Crippen molar-refractivity contribution in [1.82, 2.24) is 4.90 Å². The zero-order chi connectivity index (χ0) is 23.3. The molecule has 0 spiro atoms. The van der Waals surface area contributed by atoms with Crippen molar-refractivity contribution >= 4 is 5.91 Å². The summed E-state index contributed by atoms with van der Waals surface area (Å²) in [5.41, 5.74) is 8.31. The van der Waals surface area contributed by atoms with E-state index < -0.39 is 5.41 Å². The third kappa shape index (κ3) is 5.02. The number of rotatable bonds is 10. The van der Waals surface area contributed by atoms with Crippen LogP contribution in [0, 0.1) is 0 Å². The van der Waals surface area contributed by atoms with Gasteiger partial charge in [-0.2, -0.15) is 0 Å². The first-order valence-corrected chi connectivity index (χ1v) is 11.7. The van der Waals surface area contributed by atoms with Crippen LogP contribution in [-0.4, -0.2) is 35.5 Å². The summed E-state index contributed by atoms with van der Waals surface area (Å²) in [5, 5.41) is 0. The first-order valence-electron chi connectivity index (χ1n) is 11.7. The number of hydrogen-bond donors (Lipinski definition) is 1. The van der Waals surface area contributed by atoms with Gasteiger partial charge in [-0.05, 0) is 43.4 Å². The second-order valence-electron chi connectivity index (χ2n) is 9.64. The molecular weight excluding hydrogens is 408 g/mol. The Morgan fingerprint density at radius 3 is 1.82 bits per heavy atom. The van der Waals surface area contributed by atoms with Crippen molar-refractivity contribution in [2.45, 2.75) is 50.4 Å². The molecule has 0 atom stereocenters. The minimum absolute atomic E-state index is 0.0726. The molecule has 1 amide bonds. The normalized spacial score (nSPS) is 15.2. The summed E-state index contributed by atoms with van der Waals surface area (Å²) in [6, 6.07) is 30.2. The average molecular weight is 443 g/mol. The molecule has 33 heavy (non-hydrogen) atoms. The lowest BCUT2D eigenvalue weighted by Gasteiger charge is -2.50. The first kappa shape index (κ1) is 23.2. The highest BCUT2D eigenvalue weighted by Gasteiger charge is 2.44. The van der Waals surface area contributed by atoms with Crippen LogP contribution >= 0.6 is 0 Å². The fourth-order valence-corrected chi connectivity index (χ4v) is 4.79. The maximum Gasteiger partial charge on any atom is 0.232 e. The molecular formula is C29H34N2O2. The molecule has 0 saturated carbocycles. The van der Waals surface area contributed by atoms with Gasteiger partial charge >= 0.3 is 0 Å². The molecule has 0 radical (unpaired) electrons. The van der Waals surface area contributed by atoms with Gasteiger partial charge in [-0.25, -0.2) is 0 Å². The zero-order valence-corrected chi connectivity index (χ0v) is 19.6. The number of ether oxygens (including phenoxy) is 1. The average Bonchev–Trinajstić information content (AvgIpc) is 2.80. The highest BCUT2D eigenvalue weighted by molar-refractivity contribution is 5.90. The number of hydrogen-bond acceptors (Lipinski definition) is 3. The molecule has 1 heterocycles. The molecule has 1 aliphatic rings. The van der Waals surface area contributed by atoms with Gasteiger partial charge in [0.15, 0.2) is 0 Å². The molecule has 4 heteroatoms. The van der Waals surface area contributed by atoms with E-state index in [0.717, 1.165) is 30.6 Å². The van der Waals surface area contributed by atoms with Crippen LogP contribution in [0.1, 0.15) is 43.4 Å². The number of carbonyl (C=O) groups is 1. The third-order valence-corrected chi connectivity index (χ3v) is 7.10. The number of nitrogens with two attached hydrogens (primary N) is 1. The molecule has 1 aliphatic heterocycles. The maximum atomic E-state index is 13.1. The van der Waals surface area contributed by atoms with E-state index in [4.69, 9.17) is 10.5 Å². The summed E-state index contributed by atoms with van der Waals surface area (Å²) in [6.45, 7) is 6.96. The monoisotopic (exact) mass is 442 g/mol. The summed E-state index contributed by atoms with van der Waals surface area (Å²) in [5.74, 6) is -0.302. The van der Waals surface area contributed by atoms with Crippen LogP contribution in [0.3, 0.4) is 0 Å². The van der Waals surface area contributed by atoms with Crippen molar-refractivity contribution in [2.75, 3.05) is 13.1 Å². The van der Waals surface area contributed by atoms with Gasteiger partial charge in [-0.1, -0.05) is 91.0 Å². The molecule has 3 aromatic carbocycles. The van der Waals surface area contributed by atoms with Crippen molar-refractivity contribution in [3.8, 4) is 0 Å². The zero-order valence-electron chi connectivity index (χ0n) is 19.6. The van der Waals surface area contributed by atoms with E-state index in [2.05, 4.69) is 30.9 Å². The van der Waals surface area contributed by atoms with Crippen LogP contribution in [0.4, 0.5) is 0 Å². The topological polar surface area (TPSA) is 55.6 Å². The van der Waals surface area contributed by atoms with Gasteiger partial charge in [-0.3, -0.25) is 9.69 Å². The predicted molar refractivity (Wildman–Crippen MR) is 133 cm³/mol. The van der Waals surface area contributed by atoms with Crippen LogP contribution in [0.25, 0.3) is 0 Å². The highest BCUT2D eigenvalue weighted by atomic mass is 16.5. The van der Waals surface area contributed by atoms with Crippen molar-refractivity contribution in [3.63, 3.8) is 0 Å². The molecule has 0 bridgehead atoms. The second kappa shape index (κ2) is 9.90. The maximum absolute atomic E-state index is 13.1. The van der Waals surface area contributed by atoms with Gasteiger partial charge in [0.05, 0.1) is 18.1 Å². The van der Waals surface area contributed by atoms with E-state index in [-0.39, 0.29) is 17.6 Å². The number of primary amides is 1. The van der Waals surface area contributed by atoms with Gasteiger partial charge in [0, 0.05) is 18.6 Å². The molecule has 1 fully saturated rings. The second-order valence-corrected chi connectivity index (χ2v) is 9.64. The molecule has 0 aliphatic carbocycles. The van der Waals surface area contributed by atoms with Crippen LogP contribution < -0.4 is 5.73 Å². The summed E-state index contributed by atoms with van der Waals surface area (Å²) in [4.78, 5) is 15.5. The van der Waals surface area contributed by atoms with Gasteiger partial charge in [-0.15, -0.1) is 0 Å². The lowest BCUT2D eigenvalue weighted by Crippen LogP contribution is -2.61. The number of carbonyl (C=O) groups excluding carboxylic acids is 1. The fourth-order valence-electron chi connectivity index (χ4n) is 4.79. The predicted octanol–water partition coefficient (Wildman–Crippen LogP) is 4.92. The molecule has 172 valence electrons. The first-order chi connectivity index (χ1) is 15.9. The van der Waals surface area contributed by atoms with Crippen LogP contribution in [-0.2, 0) is 21.6 Å². The molecule has 0 unspecified atom stereocenters. The van der Waals surface area contributed by atoms with E-state index in [9.17, 15) is 4.79 Å². The molecule has 2 N–H and O–H groups in total. The van der Waals surface area contributed by atoms with E-state index in [1.54, 1.807) is 0 Å². The van der Waals surface area contributed by atoms with Crippen LogP contribution in [0.2, 0.25) is 0 Å². The molecule has 3 aromatic rings. The van der Waals surface area contributed by atoms with E-state index >= 15 is 0 Å². The van der Waals surface area contributed by atoms with Gasteiger partial charge < -0.3 is 10.5 Å². The smallest absolute Gasteiger partial charge is 0.232 e. The van der Waals surface area contributed by atoms with Crippen molar-refractivity contribution in [3.05, 3.63) is 108 Å².